The van der Waals surface area contributed by atoms with Crippen LogP contribution in [0.2, 0.25) is 5.02 Å². The number of carbonyl (C=O) groups is 3. The molecule has 1 fully saturated rings. The number of amides is 3. The zero-order chi connectivity index (χ0) is 22.1. The molecular weight excluding hydrogens is 418 g/mol. The zero-order valence-corrected chi connectivity index (χ0v) is 17.8. The first-order valence-electron chi connectivity index (χ1n) is 9.63. The van der Waals surface area contributed by atoms with Crippen LogP contribution >= 0.6 is 11.6 Å². The smallest absolute Gasteiger partial charge is 0.329 e. The third kappa shape index (κ3) is 3.80. The average Bonchev–Trinajstić information content (AvgIpc) is 3.18. The lowest BCUT2D eigenvalue weighted by Crippen LogP contribution is -2.36. The molecule has 0 atom stereocenters. The topological polar surface area (TPSA) is 80.6 Å². The quantitative estimate of drug-likeness (QED) is 0.375. The number of hydrogen-bond acceptors (Lipinski definition) is 4. The molecule has 8 heteroatoms. The number of urea groups is 1. The number of methoxy groups -OCH3 is 1. The van der Waals surface area contributed by atoms with Crippen molar-refractivity contribution in [1.82, 2.24) is 14.8 Å². The first-order chi connectivity index (χ1) is 14.9. The van der Waals surface area contributed by atoms with E-state index in [1.54, 1.807) is 6.08 Å². The van der Waals surface area contributed by atoms with E-state index in [-0.39, 0.29) is 5.70 Å². The molecule has 1 saturated heterocycles. The lowest BCUT2D eigenvalue weighted by atomic mass is 10.1. The van der Waals surface area contributed by atoms with Gasteiger partial charge in [-0.25, -0.2) is 9.69 Å². The maximum atomic E-state index is 12.7. The van der Waals surface area contributed by atoms with E-state index >= 15 is 0 Å². The first-order valence-corrected chi connectivity index (χ1v) is 10.0. The number of carbonyl (C=O) groups excluding carboxylic acids is 3. The molecule has 0 spiro atoms. The van der Waals surface area contributed by atoms with E-state index in [0.29, 0.717) is 11.6 Å². The van der Waals surface area contributed by atoms with Gasteiger partial charge >= 0.3 is 12.0 Å². The van der Waals surface area contributed by atoms with Gasteiger partial charge in [0.15, 0.2) is 0 Å². The molecule has 2 aromatic carbocycles. The molecule has 0 unspecified atom stereocenters. The Morgan fingerprint density at radius 1 is 1.13 bits per heavy atom. The molecule has 0 radical (unpaired) electrons. The second kappa shape index (κ2) is 8.28. The molecule has 7 nitrogen and oxygen atoms in total. The number of nitrogens with one attached hydrogen (secondary N) is 1. The van der Waals surface area contributed by atoms with Gasteiger partial charge < -0.3 is 14.6 Å². The Balaban J connectivity index is 1.76. The van der Waals surface area contributed by atoms with E-state index < -0.39 is 24.5 Å². The van der Waals surface area contributed by atoms with E-state index in [0.717, 1.165) is 32.6 Å². The lowest BCUT2D eigenvalue weighted by molar-refractivity contribution is -0.143. The van der Waals surface area contributed by atoms with Gasteiger partial charge in [-0.2, -0.15) is 0 Å². The van der Waals surface area contributed by atoms with Gasteiger partial charge in [0.25, 0.3) is 5.91 Å². The average molecular weight is 438 g/mol. The summed E-state index contributed by atoms with van der Waals surface area (Å²) >= 11 is 6.37. The van der Waals surface area contributed by atoms with Crippen LogP contribution in [0.5, 0.6) is 0 Å². The van der Waals surface area contributed by atoms with Crippen molar-refractivity contribution >= 4 is 46.5 Å². The number of imide groups is 1. The van der Waals surface area contributed by atoms with E-state index in [9.17, 15) is 14.4 Å². The second-order valence-electron chi connectivity index (χ2n) is 7.15. The van der Waals surface area contributed by atoms with Crippen molar-refractivity contribution in [3.8, 4) is 0 Å². The third-order valence-electron chi connectivity index (χ3n) is 5.33. The van der Waals surface area contributed by atoms with Crippen LogP contribution in [-0.2, 0) is 20.9 Å². The highest BCUT2D eigenvalue weighted by atomic mass is 35.5. The van der Waals surface area contributed by atoms with Crippen LogP contribution in [0.25, 0.3) is 17.0 Å². The fourth-order valence-electron chi connectivity index (χ4n) is 3.69. The Hall–Kier alpha value is -3.58. The van der Waals surface area contributed by atoms with E-state index in [4.69, 9.17) is 11.6 Å². The summed E-state index contributed by atoms with van der Waals surface area (Å²) in [5.74, 6) is -1.24. The molecule has 1 aliphatic rings. The molecule has 3 aromatic rings. The molecule has 31 heavy (non-hydrogen) atoms. The van der Waals surface area contributed by atoms with Crippen LogP contribution in [0, 0.1) is 6.92 Å². The predicted molar refractivity (Wildman–Crippen MR) is 117 cm³/mol. The minimum atomic E-state index is -0.669. The normalized spacial score (nSPS) is 15.1. The van der Waals surface area contributed by atoms with E-state index in [2.05, 4.69) is 14.6 Å². The molecular formula is C23H20ClN3O4. The third-order valence-corrected chi connectivity index (χ3v) is 5.70. The Bertz CT molecular complexity index is 1240. The number of rotatable bonds is 5. The largest absolute Gasteiger partial charge is 0.468 e. The maximum Gasteiger partial charge on any atom is 0.329 e. The Morgan fingerprint density at radius 3 is 2.58 bits per heavy atom. The molecule has 1 aromatic heterocycles. The van der Waals surface area contributed by atoms with Crippen LogP contribution in [0.15, 0.2) is 54.2 Å². The summed E-state index contributed by atoms with van der Waals surface area (Å²) in [6.07, 6.45) is 1.65. The van der Waals surface area contributed by atoms with Gasteiger partial charge in [0.2, 0.25) is 0 Å². The molecule has 0 bridgehead atoms. The molecule has 0 aliphatic carbocycles. The van der Waals surface area contributed by atoms with Crippen LogP contribution in [0.4, 0.5) is 4.79 Å². The van der Waals surface area contributed by atoms with Crippen molar-refractivity contribution in [1.29, 1.82) is 0 Å². The highest BCUT2D eigenvalue weighted by Gasteiger charge is 2.35. The van der Waals surface area contributed by atoms with Gasteiger partial charge in [0, 0.05) is 33.7 Å². The standard InChI is InChI=1S/C23H20ClN3O4/c1-14-17(11-19-22(29)27(23(30)25-19)13-21(28)31-2)16-8-4-6-10-20(16)26(14)12-15-7-3-5-9-18(15)24/h3-11H,12-13H2,1-2H3,(H,25,30)/b19-11+. The van der Waals surface area contributed by atoms with Crippen molar-refractivity contribution in [3.63, 3.8) is 0 Å². The summed E-state index contributed by atoms with van der Waals surface area (Å²) in [5, 5.41) is 4.17. The molecule has 3 amide bonds. The summed E-state index contributed by atoms with van der Waals surface area (Å²) < 4.78 is 6.68. The number of hydrogen-bond donors (Lipinski definition) is 1. The van der Waals surface area contributed by atoms with Crippen LogP contribution < -0.4 is 5.32 Å². The number of esters is 1. The predicted octanol–water partition coefficient (Wildman–Crippen LogP) is 3.72. The van der Waals surface area contributed by atoms with Crippen molar-refractivity contribution in [2.75, 3.05) is 13.7 Å². The lowest BCUT2D eigenvalue weighted by Gasteiger charge is -2.10. The number of aromatic nitrogens is 1. The minimum Gasteiger partial charge on any atom is -0.468 e. The van der Waals surface area contributed by atoms with E-state index in [1.807, 2.05) is 55.5 Å². The Labute approximate surface area is 183 Å². The van der Waals surface area contributed by atoms with Gasteiger partial charge in [-0.15, -0.1) is 0 Å². The first kappa shape index (κ1) is 20.7. The molecule has 1 N–H and O–H groups in total. The van der Waals surface area contributed by atoms with E-state index in [1.165, 1.54) is 7.11 Å². The minimum absolute atomic E-state index is 0.109. The molecule has 4 rings (SSSR count). The molecule has 0 saturated carbocycles. The summed E-state index contributed by atoms with van der Waals surface area (Å²) in [7, 11) is 1.20. The number of benzene rings is 2. The highest BCUT2D eigenvalue weighted by molar-refractivity contribution is 6.31. The Kier molecular flexibility index (Phi) is 5.52. The van der Waals surface area contributed by atoms with Gasteiger partial charge in [-0.05, 0) is 30.7 Å². The number of fused-ring (bicyclic) bond motifs is 1. The van der Waals surface area contributed by atoms with Gasteiger partial charge in [0.05, 0.1) is 7.11 Å². The SMILES string of the molecule is COC(=O)CN1C(=O)N/C(=C/c2c(C)n(Cc3ccccc3Cl)c3ccccc23)C1=O. The second-order valence-corrected chi connectivity index (χ2v) is 7.56. The molecule has 2 heterocycles. The van der Waals surface area contributed by atoms with Gasteiger partial charge in [-0.3, -0.25) is 9.59 Å². The van der Waals surface area contributed by atoms with Crippen molar-refractivity contribution in [3.05, 3.63) is 76.1 Å². The highest BCUT2D eigenvalue weighted by Crippen LogP contribution is 2.30. The van der Waals surface area contributed by atoms with Crippen molar-refractivity contribution in [2.24, 2.45) is 0 Å². The number of nitrogens with zero attached hydrogens (tertiary/aromatic N) is 2. The van der Waals surface area contributed by atoms with Crippen molar-refractivity contribution in [2.45, 2.75) is 13.5 Å². The van der Waals surface area contributed by atoms with Crippen LogP contribution in [0.1, 0.15) is 16.8 Å². The number of para-hydroxylation sites is 1. The van der Waals surface area contributed by atoms with Gasteiger partial charge in [-0.1, -0.05) is 48.0 Å². The fourth-order valence-corrected chi connectivity index (χ4v) is 3.89. The van der Waals surface area contributed by atoms with Crippen LogP contribution in [0.3, 0.4) is 0 Å². The summed E-state index contributed by atoms with van der Waals surface area (Å²) in [4.78, 5) is 37.3. The summed E-state index contributed by atoms with van der Waals surface area (Å²) in [6, 6.07) is 14.8. The van der Waals surface area contributed by atoms with Gasteiger partial charge in [0.1, 0.15) is 12.2 Å². The molecule has 158 valence electrons. The summed E-state index contributed by atoms with van der Waals surface area (Å²) in [6.45, 7) is 2.08. The summed E-state index contributed by atoms with van der Waals surface area (Å²) in [5.41, 5.74) is 3.79. The zero-order valence-electron chi connectivity index (χ0n) is 17.0. The number of halogens is 1. The molecule has 1 aliphatic heterocycles. The monoisotopic (exact) mass is 437 g/mol. The fraction of sp³-hybridized carbons (Fsp3) is 0.174. The van der Waals surface area contributed by atoms with Crippen molar-refractivity contribution < 1.29 is 19.1 Å². The number of ether oxygens (including phenoxy) is 1. The maximum absolute atomic E-state index is 12.7. The Morgan fingerprint density at radius 2 is 1.84 bits per heavy atom. The van der Waals surface area contributed by atoms with Crippen LogP contribution in [-0.4, -0.2) is 41.0 Å².